The van der Waals surface area contributed by atoms with Crippen LogP contribution >= 0.6 is 0 Å². The maximum atomic E-state index is 6.04. The molecule has 0 bridgehead atoms. The number of aryl methyl sites for hydroxylation is 2. The van der Waals surface area contributed by atoms with E-state index in [4.69, 9.17) is 5.73 Å². The second-order valence-electron chi connectivity index (χ2n) is 4.57. The normalized spacial score (nSPS) is 19.1. The molecule has 3 rings (SSSR count). The van der Waals surface area contributed by atoms with Crippen molar-refractivity contribution in [1.29, 1.82) is 0 Å². The molecule has 0 aliphatic carbocycles. The van der Waals surface area contributed by atoms with E-state index in [1.54, 1.807) is 0 Å². The Morgan fingerprint density at radius 2 is 2.18 bits per heavy atom. The van der Waals surface area contributed by atoms with Gasteiger partial charge in [0.25, 0.3) is 0 Å². The van der Waals surface area contributed by atoms with Gasteiger partial charge in [0.2, 0.25) is 0 Å². The van der Waals surface area contributed by atoms with Gasteiger partial charge in [-0.15, -0.1) is 5.10 Å². The fourth-order valence-electron chi connectivity index (χ4n) is 2.32. The van der Waals surface area contributed by atoms with E-state index in [0.717, 1.165) is 36.5 Å². The number of rotatable bonds is 1. The molecule has 0 saturated heterocycles. The summed E-state index contributed by atoms with van der Waals surface area (Å²) in [6.45, 7) is 2.08. The SMILES string of the molecule is Cc1ccccc1-c1nc2n(n1)C(N)CCC2. The van der Waals surface area contributed by atoms with E-state index < -0.39 is 0 Å². The van der Waals surface area contributed by atoms with Crippen LogP contribution in [-0.4, -0.2) is 14.8 Å². The molecule has 0 spiro atoms. The number of hydrogen-bond acceptors (Lipinski definition) is 3. The molecule has 1 aromatic heterocycles. The van der Waals surface area contributed by atoms with Crippen LogP contribution in [0.1, 0.15) is 30.4 Å². The van der Waals surface area contributed by atoms with Crippen molar-refractivity contribution < 1.29 is 0 Å². The molecule has 0 radical (unpaired) electrons. The molecule has 0 amide bonds. The highest BCUT2D eigenvalue weighted by Gasteiger charge is 2.20. The minimum atomic E-state index is -0.0102. The van der Waals surface area contributed by atoms with E-state index in [1.807, 2.05) is 16.8 Å². The molecule has 1 aliphatic rings. The van der Waals surface area contributed by atoms with Gasteiger partial charge in [-0.2, -0.15) is 0 Å². The Morgan fingerprint density at radius 1 is 1.35 bits per heavy atom. The van der Waals surface area contributed by atoms with Gasteiger partial charge in [0, 0.05) is 12.0 Å². The molecule has 1 unspecified atom stereocenters. The zero-order valence-electron chi connectivity index (χ0n) is 9.93. The van der Waals surface area contributed by atoms with Crippen LogP contribution in [0.25, 0.3) is 11.4 Å². The smallest absolute Gasteiger partial charge is 0.181 e. The van der Waals surface area contributed by atoms with E-state index >= 15 is 0 Å². The molecule has 4 nitrogen and oxygen atoms in total. The fraction of sp³-hybridized carbons (Fsp3) is 0.385. The number of hydrogen-bond donors (Lipinski definition) is 1. The average molecular weight is 228 g/mol. The second-order valence-corrected chi connectivity index (χ2v) is 4.57. The molecule has 2 aromatic rings. The summed E-state index contributed by atoms with van der Waals surface area (Å²) in [6.07, 6.45) is 3.06. The maximum Gasteiger partial charge on any atom is 0.181 e. The second kappa shape index (κ2) is 3.96. The first kappa shape index (κ1) is 10.5. The fourth-order valence-corrected chi connectivity index (χ4v) is 2.32. The number of benzene rings is 1. The summed E-state index contributed by atoms with van der Waals surface area (Å²) in [5, 5.41) is 4.54. The third-order valence-corrected chi connectivity index (χ3v) is 3.30. The van der Waals surface area contributed by atoms with E-state index in [0.29, 0.717) is 0 Å². The van der Waals surface area contributed by atoms with Crippen LogP contribution in [0.3, 0.4) is 0 Å². The van der Waals surface area contributed by atoms with Crippen molar-refractivity contribution in [3.05, 3.63) is 35.7 Å². The van der Waals surface area contributed by atoms with Crippen LogP contribution in [0.15, 0.2) is 24.3 Å². The highest BCUT2D eigenvalue weighted by molar-refractivity contribution is 5.59. The lowest BCUT2D eigenvalue weighted by molar-refractivity contribution is 0.373. The first-order valence-corrected chi connectivity index (χ1v) is 6.03. The Hall–Kier alpha value is -1.68. The lowest BCUT2D eigenvalue weighted by Gasteiger charge is -2.18. The van der Waals surface area contributed by atoms with Gasteiger partial charge in [0.1, 0.15) is 12.0 Å². The summed E-state index contributed by atoms with van der Waals surface area (Å²) < 4.78 is 1.88. The molecular formula is C13H16N4. The monoisotopic (exact) mass is 228 g/mol. The first-order chi connectivity index (χ1) is 8.25. The first-order valence-electron chi connectivity index (χ1n) is 6.03. The summed E-state index contributed by atoms with van der Waals surface area (Å²) in [4.78, 5) is 4.60. The van der Waals surface area contributed by atoms with E-state index in [2.05, 4.69) is 29.1 Å². The summed E-state index contributed by atoms with van der Waals surface area (Å²) in [5.74, 6) is 1.82. The largest absolute Gasteiger partial charge is 0.310 e. The van der Waals surface area contributed by atoms with Crippen molar-refractivity contribution in [1.82, 2.24) is 14.8 Å². The minimum absolute atomic E-state index is 0.0102. The zero-order chi connectivity index (χ0) is 11.8. The molecule has 17 heavy (non-hydrogen) atoms. The van der Waals surface area contributed by atoms with Gasteiger partial charge in [-0.25, -0.2) is 9.67 Å². The number of aromatic nitrogens is 3. The van der Waals surface area contributed by atoms with Crippen molar-refractivity contribution in [2.75, 3.05) is 0 Å². The van der Waals surface area contributed by atoms with Crippen LogP contribution in [-0.2, 0) is 6.42 Å². The van der Waals surface area contributed by atoms with Crippen LogP contribution in [0.2, 0.25) is 0 Å². The molecular weight excluding hydrogens is 212 g/mol. The van der Waals surface area contributed by atoms with Gasteiger partial charge >= 0.3 is 0 Å². The molecule has 1 aliphatic heterocycles. The average Bonchev–Trinajstić information content (AvgIpc) is 2.75. The molecule has 0 saturated carbocycles. The van der Waals surface area contributed by atoms with E-state index in [-0.39, 0.29) is 6.17 Å². The third kappa shape index (κ3) is 1.74. The Kier molecular flexibility index (Phi) is 2.44. The third-order valence-electron chi connectivity index (χ3n) is 3.30. The predicted octanol–water partition coefficient (Wildman–Crippen LogP) is 2.05. The number of nitrogens with zero attached hydrogens (tertiary/aromatic N) is 3. The Labute approximate surface area is 100 Å². The van der Waals surface area contributed by atoms with Gasteiger partial charge in [-0.1, -0.05) is 24.3 Å². The molecule has 88 valence electrons. The quantitative estimate of drug-likeness (QED) is 0.812. The van der Waals surface area contributed by atoms with Gasteiger partial charge in [-0.05, 0) is 25.3 Å². The summed E-state index contributed by atoms with van der Waals surface area (Å²) in [6, 6.07) is 8.18. The summed E-state index contributed by atoms with van der Waals surface area (Å²) >= 11 is 0. The molecule has 0 fully saturated rings. The predicted molar refractivity (Wildman–Crippen MR) is 66.4 cm³/mol. The van der Waals surface area contributed by atoms with Crippen molar-refractivity contribution in [2.45, 2.75) is 32.4 Å². The van der Waals surface area contributed by atoms with Gasteiger partial charge in [0.05, 0.1) is 0 Å². The van der Waals surface area contributed by atoms with Crippen LogP contribution in [0.4, 0.5) is 0 Å². The molecule has 1 aromatic carbocycles. The molecule has 2 N–H and O–H groups in total. The van der Waals surface area contributed by atoms with Gasteiger partial charge in [-0.3, -0.25) is 0 Å². The Morgan fingerprint density at radius 3 is 2.94 bits per heavy atom. The lowest BCUT2D eigenvalue weighted by Crippen LogP contribution is -2.25. The topological polar surface area (TPSA) is 56.7 Å². The zero-order valence-corrected chi connectivity index (χ0v) is 9.93. The highest BCUT2D eigenvalue weighted by Crippen LogP contribution is 2.24. The van der Waals surface area contributed by atoms with Gasteiger partial charge < -0.3 is 5.73 Å². The van der Waals surface area contributed by atoms with E-state index in [1.165, 1.54) is 5.56 Å². The van der Waals surface area contributed by atoms with Crippen molar-refractivity contribution in [3.63, 3.8) is 0 Å². The molecule has 4 heteroatoms. The minimum Gasteiger partial charge on any atom is -0.310 e. The molecule has 1 atom stereocenters. The standard InChI is InChI=1S/C13H16N4/c1-9-5-2-3-6-10(9)13-15-12-8-4-7-11(14)17(12)16-13/h2-3,5-6,11H,4,7-8,14H2,1H3. The highest BCUT2D eigenvalue weighted by atomic mass is 15.4. The van der Waals surface area contributed by atoms with Crippen molar-refractivity contribution >= 4 is 0 Å². The number of fused-ring (bicyclic) bond motifs is 1. The lowest BCUT2D eigenvalue weighted by atomic mass is 10.1. The summed E-state index contributed by atoms with van der Waals surface area (Å²) in [5.41, 5.74) is 8.33. The number of nitrogens with two attached hydrogens (primary N) is 1. The Bertz CT molecular complexity index is 544. The summed E-state index contributed by atoms with van der Waals surface area (Å²) in [7, 11) is 0. The van der Waals surface area contributed by atoms with E-state index in [9.17, 15) is 0 Å². The maximum absolute atomic E-state index is 6.04. The van der Waals surface area contributed by atoms with Crippen LogP contribution in [0.5, 0.6) is 0 Å². The van der Waals surface area contributed by atoms with Crippen LogP contribution in [0, 0.1) is 6.92 Å². The van der Waals surface area contributed by atoms with Crippen molar-refractivity contribution in [2.24, 2.45) is 5.73 Å². The molecule has 2 heterocycles. The van der Waals surface area contributed by atoms with Gasteiger partial charge in [0.15, 0.2) is 5.82 Å². The van der Waals surface area contributed by atoms with Crippen molar-refractivity contribution in [3.8, 4) is 11.4 Å². The Balaban J connectivity index is 2.08. The van der Waals surface area contributed by atoms with Crippen LogP contribution < -0.4 is 5.73 Å².